The van der Waals surface area contributed by atoms with Gasteiger partial charge in [0, 0.05) is 19.0 Å². The molecule has 0 bridgehead atoms. The molecule has 2 unspecified atom stereocenters. The van der Waals surface area contributed by atoms with Gasteiger partial charge < -0.3 is 10.6 Å². The van der Waals surface area contributed by atoms with Crippen LogP contribution in [0.2, 0.25) is 0 Å². The van der Waals surface area contributed by atoms with E-state index in [2.05, 4.69) is 76.8 Å². The van der Waals surface area contributed by atoms with Gasteiger partial charge in [0.2, 0.25) is 0 Å². The Morgan fingerprint density at radius 3 is 2.61 bits per heavy atom. The van der Waals surface area contributed by atoms with Crippen LogP contribution >= 0.6 is 0 Å². The molecule has 1 aliphatic heterocycles. The van der Waals surface area contributed by atoms with Crippen molar-refractivity contribution in [2.45, 2.75) is 12.3 Å². The number of likely N-dealkylation sites (tertiary alicyclic amines) is 1. The summed E-state index contributed by atoms with van der Waals surface area (Å²) in [6.45, 7) is 2.14. The summed E-state index contributed by atoms with van der Waals surface area (Å²) in [5, 5.41) is 10.9. The molecule has 5 rings (SSSR count). The summed E-state index contributed by atoms with van der Waals surface area (Å²) in [5.74, 6) is 1.41. The van der Waals surface area contributed by atoms with Gasteiger partial charge in [-0.05, 0) is 53.4 Å². The number of nitrogen functional groups attached to an aromatic ring is 1. The first-order chi connectivity index (χ1) is 13.7. The maximum atomic E-state index is 5.69. The van der Waals surface area contributed by atoms with Gasteiger partial charge >= 0.3 is 0 Å². The predicted octanol–water partition coefficient (Wildman–Crippen LogP) is 4.27. The van der Waals surface area contributed by atoms with Gasteiger partial charge in [0.1, 0.15) is 5.82 Å². The Bertz CT molecular complexity index is 1080. The number of anilines is 1. The maximum Gasteiger partial charge on any atom is 0.146 e. The molecule has 2 aliphatic rings. The Balaban J connectivity index is 1.52. The maximum absolute atomic E-state index is 5.69. The molecule has 140 valence electrons. The molecule has 0 amide bonds. The Labute approximate surface area is 165 Å². The molecule has 0 spiro atoms. The number of hydrogen-bond donors (Lipinski definition) is 1. The summed E-state index contributed by atoms with van der Waals surface area (Å²) in [7, 11) is 2.23. The van der Waals surface area contributed by atoms with E-state index in [1.807, 2.05) is 12.1 Å². The van der Waals surface area contributed by atoms with Gasteiger partial charge in [-0.25, -0.2) is 0 Å². The van der Waals surface area contributed by atoms with Crippen LogP contribution in [-0.2, 0) is 0 Å². The van der Waals surface area contributed by atoms with E-state index in [1.54, 1.807) is 5.57 Å². The molecule has 2 N–H and O–H groups in total. The van der Waals surface area contributed by atoms with Crippen molar-refractivity contribution in [3.05, 3.63) is 83.6 Å². The van der Waals surface area contributed by atoms with E-state index in [1.165, 1.54) is 21.9 Å². The highest BCUT2D eigenvalue weighted by atomic mass is 15.1. The minimum Gasteiger partial charge on any atom is -0.382 e. The molecule has 0 saturated carbocycles. The molecular weight excluding hydrogens is 344 g/mol. The third-order valence-corrected chi connectivity index (χ3v) is 6.03. The van der Waals surface area contributed by atoms with Crippen LogP contribution in [0.15, 0.2) is 72.3 Å². The second kappa shape index (κ2) is 6.88. The predicted molar refractivity (Wildman–Crippen MR) is 115 cm³/mol. The smallest absolute Gasteiger partial charge is 0.146 e. The van der Waals surface area contributed by atoms with Crippen molar-refractivity contribution in [2.75, 3.05) is 25.9 Å². The van der Waals surface area contributed by atoms with Gasteiger partial charge in [0.05, 0.1) is 5.69 Å². The second-order valence-electron chi connectivity index (χ2n) is 7.98. The van der Waals surface area contributed by atoms with Crippen molar-refractivity contribution < 1.29 is 0 Å². The van der Waals surface area contributed by atoms with Crippen molar-refractivity contribution in [3.63, 3.8) is 0 Å². The summed E-state index contributed by atoms with van der Waals surface area (Å²) < 4.78 is 0. The first-order valence-corrected chi connectivity index (χ1v) is 9.85. The van der Waals surface area contributed by atoms with Crippen LogP contribution in [0.3, 0.4) is 0 Å². The van der Waals surface area contributed by atoms with Crippen LogP contribution in [0.4, 0.5) is 5.82 Å². The van der Waals surface area contributed by atoms with Crippen LogP contribution in [0.5, 0.6) is 0 Å². The minimum absolute atomic E-state index is 0.434. The molecule has 1 aromatic heterocycles. The topological polar surface area (TPSA) is 55.0 Å². The number of nitrogens with zero attached hydrogens (tertiary/aromatic N) is 3. The number of rotatable bonds is 2. The van der Waals surface area contributed by atoms with Crippen molar-refractivity contribution in [1.82, 2.24) is 15.1 Å². The third-order valence-electron chi connectivity index (χ3n) is 6.03. The van der Waals surface area contributed by atoms with Crippen LogP contribution in [-0.4, -0.2) is 35.2 Å². The zero-order valence-corrected chi connectivity index (χ0v) is 16.0. The zero-order valence-electron chi connectivity index (χ0n) is 16.0. The molecule has 4 heteroatoms. The molecule has 2 aromatic carbocycles. The number of aromatic nitrogens is 2. The van der Waals surface area contributed by atoms with Gasteiger partial charge in [0.15, 0.2) is 0 Å². The number of allylic oxidation sites excluding steroid dienone is 3. The van der Waals surface area contributed by atoms with Crippen LogP contribution in [0, 0.1) is 5.92 Å². The first kappa shape index (κ1) is 17.1. The average Bonchev–Trinajstić information content (AvgIpc) is 2.73. The summed E-state index contributed by atoms with van der Waals surface area (Å²) in [6.07, 6.45) is 5.55. The van der Waals surface area contributed by atoms with Crippen molar-refractivity contribution in [2.24, 2.45) is 5.92 Å². The van der Waals surface area contributed by atoms with Crippen LogP contribution in [0.25, 0.3) is 16.3 Å². The second-order valence-corrected chi connectivity index (χ2v) is 7.98. The molecular formula is C24H24N4. The summed E-state index contributed by atoms with van der Waals surface area (Å²) in [4.78, 5) is 2.46. The summed E-state index contributed by atoms with van der Waals surface area (Å²) in [6, 6.07) is 19.3. The van der Waals surface area contributed by atoms with Crippen LogP contribution < -0.4 is 5.73 Å². The molecule has 28 heavy (non-hydrogen) atoms. The molecule has 1 aliphatic carbocycles. The van der Waals surface area contributed by atoms with Crippen LogP contribution in [0.1, 0.15) is 23.6 Å². The Morgan fingerprint density at radius 1 is 0.929 bits per heavy atom. The number of hydrogen-bond acceptors (Lipinski definition) is 4. The lowest BCUT2D eigenvalue weighted by atomic mass is 9.74. The largest absolute Gasteiger partial charge is 0.382 e. The molecule has 1 fully saturated rings. The highest BCUT2D eigenvalue weighted by molar-refractivity contribution is 5.83. The fourth-order valence-electron chi connectivity index (χ4n) is 4.65. The normalized spacial score (nSPS) is 22.5. The molecule has 1 saturated heterocycles. The molecule has 3 aromatic rings. The lowest BCUT2D eigenvalue weighted by Crippen LogP contribution is -2.39. The number of piperidine rings is 1. The quantitative estimate of drug-likeness (QED) is 0.734. The Morgan fingerprint density at radius 2 is 1.79 bits per heavy atom. The van der Waals surface area contributed by atoms with E-state index in [4.69, 9.17) is 5.73 Å². The summed E-state index contributed by atoms with van der Waals surface area (Å²) in [5.41, 5.74) is 10.8. The van der Waals surface area contributed by atoms with E-state index >= 15 is 0 Å². The molecule has 0 radical (unpaired) electrons. The summed E-state index contributed by atoms with van der Waals surface area (Å²) >= 11 is 0. The molecule has 4 nitrogen and oxygen atoms in total. The Kier molecular flexibility index (Phi) is 4.21. The van der Waals surface area contributed by atoms with Gasteiger partial charge in [-0.1, -0.05) is 60.2 Å². The lowest BCUT2D eigenvalue weighted by Gasteiger charge is -2.40. The third kappa shape index (κ3) is 3.10. The molecule has 2 heterocycles. The van der Waals surface area contributed by atoms with E-state index in [0.717, 1.165) is 25.2 Å². The number of nitrogens with two attached hydrogens (primary N) is 1. The molecule has 2 atom stereocenters. The van der Waals surface area contributed by atoms with Crippen molar-refractivity contribution in [3.8, 4) is 0 Å². The van der Waals surface area contributed by atoms with E-state index in [9.17, 15) is 0 Å². The highest BCUT2D eigenvalue weighted by Crippen LogP contribution is 2.42. The van der Waals surface area contributed by atoms with Gasteiger partial charge in [-0.15, -0.1) is 10.2 Å². The SMILES string of the molecule is CN1CC2CC(c3ccc(N)nn3)=CC=C2C(c2ccc3ccccc3c2)C1. The Hall–Kier alpha value is -2.98. The van der Waals surface area contributed by atoms with E-state index < -0.39 is 0 Å². The lowest BCUT2D eigenvalue weighted by molar-refractivity contribution is 0.240. The standard InChI is InChI=1S/C24H24N4/c1-28-14-20-13-19(23-10-11-24(25)27-26-23)8-9-21(20)22(15-28)18-7-6-16-4-2-3-5-17(16)12-18/h2-12,20,22H,13-15H2,1H3,(H2,25,27). The number of benzene rings is 2. The zero-order chi connectivity index (χ0) is 19.1. The minimum atomic E-state index is 0.434. The van der Waals surface area contributed by atoms with Gasteiger partial charge in [-0.3, -0.25) is 0 Å². The fourth-order valence-corrected chi connectivity index (χ4v) is 4.65. The van der Waals surface area contributed by atoms with Gasteiger partial charge in [-0.2, -0.15) is 0 Å². The first-order valence-electron chi connectivity index (χ1n) is 9.85. The number of fused-ring (bicyclic) bond motifs is 2. The van der Waals surface area contributed by atoms with E-state index in [-0.39, 0.29) is 0 Å². The number of likely N-dealkylation sites (N-methyl/N-ethyl adjacent to an activating group) is 1. The highest BCUT2D eigenvalue weighted by Gasteiger charge is 2.33. The van der Waals surface area contributed by atoms with Crippen molar-refractivity contribution in [1.29, 1.82) is 0 Å². The fraction of sp³-hybridized carbons (Fsp3) is 0.250. The average molecular weight is 368 g/mol. The van der Waals surface area contributed by atoms with Crippen molar-refractivity contribution >= 4 is 22.2 Å². The van der Waals surface area contributed by atoms with E-state index in [0.29, 0.717) is 17.7 Å². The van der Waals surface area contributed by atoms with Gasteiger partial charge in [0.25, 0.3) is 0 Å². The monoisotopic (exact) mass is 368 g/mol.